The number of aromatic nitrogens is 4. The molecule has 1 atom stereocenters. The molecule has 0 radical (unpaired) electrons. The molecule has 0 saturated carbocycles. The molecule has 10 nitrogen and oxygen atoms in total. The van der Waals surface area contributed by atoms with Crippen LogP contribution in [0.3, 0.4) is 0 Å². The van der Waals surface area contributed by atoms with Crippen molar-refractivity contribution < 1.29 is 31.1 Å². The second kappa shape index (κ2) is 11.2. The number of hydrogen-bond acceptors (Lipinski definition) is 8. The lowest BCUT2D eigenvalue weighted by Crippen LogP contribution is -2.34. The van der Waals surface area contributed by atoms with Crippen molar-refractivity contribution in [2.75, 3.05) is 30.5 Å². The van der Waals surface area contributed by atoms with Crippen LogP contribution in [0, 0.1) is 17.5 Å². The van der Waals surface area contributed by atoms with Gasteiger partial charge in [0.15, 0.2) is 5.82 Å². The number of benzene rings is 2. The molecule has 1 fully saturated rings. The summed E-state index contributed by atoms with van der Waals surface area (Å²) in [5, 5.41) is 4.61. The monoisotopic (exact) mass is 574 g/mol. The lowest BCUT2D eigenvalue weighted by Gasteiger charge is -2.25. The number of nitrogens with zero attached hydrogens (tertiary/aromatic N) is 5. The zero-order chi connectivity index (χ0) is 28.4. The van der Waals surface area contributed by atoms with Crippen molar-refractivity contribution in [2.45, 2.75) is 30.4 Å². The molecule has 2 N–H and O–H groups in total. The van der Waals surface area contributed by atoms with Gasteiger partial charge >= 0.3 is 0 Å². The number of hydrogen-bond donors (Lipinski definition) is 1. The van der Waals surface area contributed by atoms with E-state index in [2.05, 4.69) is 15.1 Å². The highest BCUT2D eigenvalue weighted by molar-refractivity contribution is 7.92. The molecular formula is C26H25F3N6O4S. The second-order valence-corrected chi connectivity index (χ2v) is 10.8. The molecule has 4 aromatic rings. The van der Waals surface area contributed by atoms with Gasteiger partial charge in [0, 0.05) is 37.2 Å². The Kier molecular flexibility index (Phi) is 7.74. The Bertz CT molecular complexity index is 1640. The average Bonchev–Trinajstić information content (AvgIpc) is 3.39. The Labute approximate surface area is 228 Å². The second-order valence-electron chi connectivity index (χ2n) is 8.98. The van der Waals surface area contributed by atoms with E-state index in [4.69, 9.17) is 15.2 Å². The summed E-state index contributed by atoms with van der Waals surface area (Å²) in [5.41, 5.74) is 6.16. The number of nitrogen functional groups attached to an aromatic ring is 1. The van der Waals surface area contributed by atoms with Gasteiger partial charge in [0.1, 0.15) is 35.2 Å². The van der Waals surface area contributed by atoms with Gasteiger partial charge in [0.05, 0.1) is 11.4 Å². The quantitative estimate of drug-likeness (QED) is 0.305. The lowest BCUT2D eigenvalue weighted by molar-refractivity contribution is -0.0393. The Morgan fingerprint density at radius 3 is 2.70 bits per heavy atom. The highest BCUT2D eigenvalue weighted by Crippen LogP contribution is 2.38. The van der Waals surface area contributed by atoms with Crippen molar-refractivity contribution in [3.05, 3.63) is 72.3 Å². The molecular weight excluding hydrogens is 549 g/mol. The number of anilines is 2. The summed E-state index contributed by atoms with van der Waals surface area (Å²) >= 11 is 0. The minimum atomic E-state index is -4.80. The van der Waals surface area contributed by atoms with Crippen LogP contribution in [0.2, 0.25) is 0 Å². The minimum absolute atomic E-state index is 0.00572. The summed E-state index contributed by atoms with van der Waals surface area (Å²) in [6.07, 6.45) is 5.22. The van der Waals surface area contributed by atoms with Gasteiger partial charge in [-0.1, -0.05) is 6.07 Å². The molecule has 0 amide bonds. The van der Waals surface area contributed by atoms with Crippen LogP contribution in [0.4, 0.5) is 24.8 Å². The van der Waals surface area contributed by atoms with E-state index in [-0.39, 0.29) is 17.2 Å². The van der Waals surface area contributed by atoms with Crippen LogP contribution in [-0.2, 0) is 19.5 Å². The molecule has 5 rings (SSSR count). The van der Waals surface area contributed by atoms with Gasteiger partial charge in [-0.15, -0.1) is 0 Å². The number of sulfonamides is 1. The van der Waals surface area contributed by atoms with E-state index in [1.165, 1.54) is 31.5 Å². The normalized spacial score (nSPS) is 15.8. The van der Waals surface area contributed by atoms with Crippen molar-refractivity contribution in [1.82, 2.24) is 19.7 Å². The molecule has 1 aliphatic rings. The molecule has 1 unspecified atom stereocenters. The summed E-state index contributed by atoms with van der Waals surface area (Å²) in [5.74, 6) is -3.17. The summed E-state index contributed by atoms with van der Waals surface area (Å²) in [6, 6.07) is 7.60. The number of methoxy groups -OCH3 is 1. The zero-order valence-electron chi connectivity index (χ0n) is 21.3. The van der Waals surface area contributed by atoms with Crippen LogP contribution in [0.1, 0.15) is 25.5 Å². The Balaban J connectivity index is 1.66. The summed E-state index contributed by atoms with van der Waals surface area (Å²) in [4.78, 5) is 7.19. The molecule has 1 aliphatic heterocycles. The lowest BCUT2D eigenvalue weighted by atomic mass is 10.0. The first-order chi connectivity index (χ1) is 19.2. The first-order valence-electron chi connectivity index (χ1n) is 12.3. The smallest absolute Gasteiger partial charge is 0.269 e. The van der Waals surface area contributed by atoms with Crippen LogP contribution >= 0.6 is 0 Å². The number of ether oxygens (including phenoxy) is 2. The maximum atomic E-state index is 16.3. The van der Waals surface area contributed by atoms with Crippen LogP contribution < -0.4 is 10.0 Å². The van der Waals surface area contributed by atoms with Crippen molar-refractivity contribution in [3.8, 4) is 22.5 Å². The van der Waals surface area contributed by atoms with E-state index in [0.717, 1.165) is 18.9 Å². The van der Waals surface area contributed by atoms with Crippen LogP contribution in [-0.4, -0.2) is 48.6 Å². The Morgan fingerprint density at radius 1 is 1.15 bits per heavy atom. The van der Waals surface area contributed by atoms with E-state index >= 15 is 4.39 Å². The van der Waals surface area contributed by atoms with E-state index in [9.17, 15) is 17.2 Å². The molecule has 40 heavy (non-hydrogen) atoms. The van der Waals surface area contributed by atoms with Crippen molar-refractivity contribution in [3.63, 3.8) is 0 Å². The maximum Gasteiger partial charge on any atom is 0.269 e. The highest BCUT2D eigenvalue weighted by atomic mass is 32.2. The zero-order valence-corrected chi connectivity index (χ0v) is 22.1. The SMILES string of the molecule is COCN(c1cccc(-c2nn(C3CCCCO3)cc2-c2ccnc(N)n2)c1F)S(=O)(=O)c1cc(F)ccc1F. The first kappa shape index (κ1) is 27.6. The maximum absolute atomic E-state index is 16.3. The van der Waals surface area contributed by atoms with E-state index in [0.29, 0.717) is 40.7 Å². The molecule has 1 saturated heterocycles. The highest BCUT2D eigenvalue weighted by Gasteiger charge is 2.32. The van der Waals surface area contributed by atoms with Crippen LogP contribution in [0.15, 0.2) is 59.8 Å². The van der Waals surface area contributed by atoms with Gasteiger partial charge in [-0.25, -0.2) is 40.5 Å². The van der Waals surface area contributed by atoms with Crippen molar-refractivity contribution >= 4 is 21.7 Å². The molecule has 0 bridgehead atoms. The summed E-state index contributed by atoms with van der Waals surface area (Å²) in [7, 11) is -3.61. The predicted molar refractivity (Wildman–Crippen MR) is 140 cm³/mol. The summed E-state index contributed by atoms with van der Waals surface area (Å²) in [6.45, 7) is -0.141. The van der Waals surface area contributed by atoms with E-state index in [1.54, 1.807) is 16.9 Å². The molecule has 2 aromatic heterocycles. The summed E-state index contributed by atoms with van der Waals surface area (Å²) < 4.78 is 84.6. The van der Waals surface area contributed by atoms with Gasteiger partial charge in [-0.05, 0) is 55.7 Å². The molecule has 3 heterocycles. The Morgan fingerprint density at radius 2 is 1.98 bits per heavy atom. The third-order valence-corrected chi connectivity index (χ3v) is 8.09. The topological polar surface area (TPSA) is 125 Å². The van der Waals surface area contributed by atoms with E-state index in [1.807, 2.05) is 0 Å². The van der Waals surface area contributed by atoms with Gasteiger partial charge in [0.25, 0.3) is 10.0 Å². The molecule has 0 aliphatic carbocycles. The number of rotatable bonds is 8. The molecule has 210 valence electrons. The average molecular weight is 575 g/mol. The Hall–Kier alpha value is -4.01. The molecule has 14 heteroatoms. The van der Waals surface area contributed by atoms with Crippen LogP contribution in [0.25, 0.3) is 22.5 Å². The van der Waals surface area contributed by atoms with Gasteiger partial charge in [-0.3, -0.25) is 0 Å². The third kappa shape index (κ3) is 5.24. The predicted octanol–water partition coefficient (Wildman–Crippen LogP) is 4.50. The standard InChI is InChI=1S/C26H25F3N6O4S/c1-38-15-35(40(36,37)22-13-16(27)8-9-19(22)28)21-6-4-5-17(24(21)29)25-18(20-10-11-31-26(30)32-20)14-34(33-25)23-7-2-3-12-39-23/h4-6,8-11,13-14,23H,2-3,7,12,15H2,1H3,(H2,30,31,32). The fraction of sp³-hybridized carbons (Fsp3) is 0.269. The number of nitrogens with two attached hydrogens (primary N) is 1. The molecule has 2 aromatic carbocycles. The molecule has 0 spiro atoms. The third-order valence-electron chi connectivity index (χ3n) is 6.34. The van der Waals surface area contributed by atoms with Crippen molar-refractivity contribution in [2.24, 2.45) is 0 Å². The largest absolute Gasteiger partial charge is 0.368 e. The van der Waals surface area contributed by atoms with Gasteiger partial charge < -0.3 is 15.2 Å². The van der Waals surface area contributed by atoms with E-state index < -0.39 is 51.0 Å². The minimum Gasteiger partial charge on any atom is -0.368 e. The first-order valence-corrected chi connectivity index (χ1v) is 13.7. The fourth-order valence-electron chi connectivity index (χ4n) is 4.46. The van der Waals surface area contributed by atoms with Crippen LogP contribution in [0.5, 0.6) is 0 Å². The van der Waals surface area contributed by atoms with Gasteiger partial charge in [-0.2, -0.15) is 5.10 Å². The van der Waals surface area contributed by atoms with Crippen molar-refractivity contribution in [1.29, 1.82) is 0 Å². The fourth-order valence-corrected chi connectivity index (χ4v) is 5.91. The van der Waals surface area contributed by atoms with Gasteiger partial charge in [0.2, 0.25) is 5.95 Å². The number of halogens is 3.